The van der Waals surface area contributed by atoms with Crippen molar-refractivity contribution >= 4 is 40.7 Å². The van der Waals surface area contributed by atoms with E-state index in [1.54, 1.807) is 37.2 Å². The maximum atomic E-state index is 13.8. The molecule has 6 nitrogen and oxygen atoms in total. The normalized spacial score (nSPS) is 23.2. The number of likely N-dealkylation sites (tertiary alicyclic amines) is 1. The van der Waals surface area contributed by atoms with Gasteiger partial charge in [-0.2, -0.15) is 0 Å². The fourth-order valence-corrected chi connectivity index (χ4v) is 5.22. The number of methoxy groups -OCH3 is 1. The Morgan fingerprint density at radius 1 is 1.20 bits per heavy atom. The average molecular weight is 448 g/mol. The second-order valence-electron chi connectivity index (χ2n) is 7.73. The smallest absolute Gasteiger partial charge is 0.254 e. The summed E-state index contributed by atoms with van der Waals surface area (Å²) in [6.07, 6.45) is 1.43. The second kappa shape index (κ2) is 7.76. The molecule has 0 bridgehead atoms. The summed E-state index contributed by atoms with van der Waals surface area (Å²) >= 11 is 13.1. The van der Waals surface area contributed by atoms with Gasteiger partial charge in [0.1, 0.15) is 5.75 Å². The zero-order valence-corrected chi connectivity index (χ0v) is 18.5. The second-order valence-corrected chi connectivity index (χ2v) is 8.55. The Kier molecular flexibility index (Phi) is 5.43. The van der Waals surface area contributed by atoms with Gasteiger partial charge in [0.2, 0.25) is 5.91 Å². The molecule has 2 amide bonds. The topological polar surface area (TPSA) is 61.9 Å². The number of rotatable bonds is 4. The molecule has 2 aliphatic rings. The number of anilines is 1. The Labute approximate surface area is 185 Å². The number of hydrogen-bond acceptors (Lipinski definition) is 4. The Hall–Kier alpha value is -2.28. The molecule has 2 heterocycles. The van der Waals surface area contributed by atoms with Crippen molar-refractivity contribution < 1.29 is 14.3 Å². The molecule has 2 atom stereocenters. The van der Waals surface area contributed by atoms with Gasteiger partial charge in [-0.25, -0.2) is 0 Å². The first-order chi connectivity index (χ1) is 14.3. The number of halogens is 2. The van der Waals surface area contributed by atoms with Crippen molar-refractivity contribution in [2.24, 2.45) is 0 Å². The van der Waals surface area contributed by atoms with E-state index in [4.69, 9.17) is 27.9 Å². The number of carbonyl (C=O) groups is 2. The van der Waals surface area contributed by atoms with Gasteiger partial charge >= 0.3 is 0 Å². The van der Waals surface area contributed by atoms with Crippen LogP contribution >= 0.6 is 23.2 Å². The quantitative estimate of drug-likeness (QED) is 0.774. The number of carbonyl (C=O) groups excluding carboxylic acids is 2. The van der Waals surface area contributed by atoms with Gasteiger partial charge in [0.05, 0.1) is 29.4 Å². The third kappa shape index (κ3) is 2.89. The standard InChI is InChI=1S/C22H23Cl2N3O3/c1-26(2)20(28)17-9-6-12-27(17)22(13-7-4-5-8-14(13)23)18-16(25-21(22)29)11-10-15(24)19(18)30-3/h4-5,7-8,10-11,17H,6,9,12H2,1-3H3,(H,25,29)/t17-,22?/m0/s1. The van der Waals surface area contributed by atoms with Gasteiger partial charge in [-0.05, 0) is 31.0 Å². The van der Waals surface area contributed by atoms with Crippen molar-refractivity contribution in [3.05, 3.63) is 57.6 Å². The van der Waals surface area contributed by atoms with Gasteiger partial charge in [0, 0.05) is 31.2 Å². The molecule has 2 aromatic carbocycles. The van der Waals surface area contributed by atoms with Crippen LogP contribution in [0.4, 0.5) is 5.69 Å². The van der Waals surface area contributed by atoms with Gasteiger partial charge in [0.15, 0.2) is 5.54 Å². The highest BCUT2D eigenvalue weighted by Crippen LogP contribution is 2.54. The summed E-state index contributed by atoms with van der Waals surface area (Å²) in [4.78, 5) is 30.4. The van der Waals surface area contributed by atoms with Gasteiger partial charge in [0.25, 0.3) is 5.91 Å². The number of ether oxygens (including phenoxy) is 1. The highest BCUT2D eigenvalue weighted by molar-refractivity contribution is 6.33. The molecule has 0 radical (unpaired) electrons. The van der Waals surface area contributed by atoms with E-state index in [-0.39, 0.29) is 11.8 Å². The predicted octanol–water partition coefficient (Wildman–Crippen LogP) is 3.75. The molecule has 0 aromatic heterocycles. The lowest BCUT2D eigenvalue weighted by atomic mass is 9.80. The molecule has 8 heteroatoms. The highest BCUT2D eigenvalue weighted by atomic mass is 35.5. The first-order valence-corrected chi connectivity index (χ1v) is 10.5. The van der Waals surface area contributed by atoms with Crippen LogP contribution in [0, 0.1) is 0 Å². The molecule has 1 fully saturated rings. The number of hydrogen-bond donors (Lipinski definition) is 1. The highest BCUT2D eigenvalue weighted by Gasteiger charge is 2.59. The minimum absolute atomic E-state index is 0.0545. The summed E-state index contributed by atoms with van der Waals surface area (Å²) in [5, 5.41) is 3.80. The molecule has 2 aliphatic heterocycles. The van der Waals surface area contributed by atoms with E-state index in [9.17, 15) is 9.59 Å². The maximum Gasteiger partial charge on any atom is 0.254 e. The van der Waals surface area contributed by atoms with E-state index >= 15 is 0 Å². The first kappa shape index (κ1) is 21.0. The number of nitrogens with zero attached hydrogens (tertiary/aromatic N) is 2. The summed E-state index contributed by atoms with van der Waals surface area (Å²) in [7, 11) is 4.97. The SMILES string of the molecule is COc1c(Cl)ccc2c1C(c1ccccc1Cl)(N1CCC[C@H]1C(=O)N(C)C)C(=O)N2. The van der Waals surface area contributed by atoms with Gasteiger partial charge < -0.3 is 15.0 Å². The van der Waals surface area contributed by atoms with Gasteiger partial charge in [-0.3, -0.25) is 14.5 Å². The van der Waals surface area contributed by atoms with E-state index in [2.05, 4.69) is 5.32 Å². The molecule has 1 saturated heterocycles. The van der Waals surface area contributed by atoms with Gasteiger partial charge in [-0.1, -0.05) is 41.4 Å². The Balaban J connectivity index is 2.07. The fraction of sp³-hybridized carbons (Fsp3) is 0.364. The summed E-state index contributed by atoms with van der Waals surface area (Å²) in [5.74, 6) is 0.0705. The van der Waals surface area contributed by atoms with Crippen LogP contribution in [0.2, 0.25) is 10.0 Å². The summed E-state index contributed by atoms with van der Waals surface area (Å²) < 4.78 is 5.67. The van der Waals surface area contributed by atoms with Crippen LogP contribution in [0.1, 0.15) is 24.0 Å². The molecule has 0 spiro atoms. The number of amides is 2. The zero-order valence-electron chi connectivity index (χ0n) is 17.0. The number of benzene rings is 2. The zero-order chi connectivity index (χ0) is 21.6. The molecule has 0 saturated carbocycles. The van der Waals surface area contributed by atoms with Crippen molar-refractivity contribution in [2.75, 3.05) is 33.1 Å². The van der Waals surface area contributed by atoms with Crippen LogP contribution < -0.4 is 10.1 Å². The van der Waals surface area contributed by atoms with Crippen molar-refractivity contribution in [3.63, 3.8) is 0 Å². The lowest BCUT2D eigenvalue weighted by Gasteiger charge is -2.42. The van der Waals surface area contributed by atoms with E-state index in [1.807, 2.05) is 23.1 Å². The first-order valence-electron chi connectivity index (χ1n) is 9.75. The van der Waals surface area contributed by atoms with Crippen LogP contribution in [-0.2, 0) is 15.1 Å². The molecule has 1 unspecified atom stereocenters. The van der Waals surface area contributed by atoms with Crippen LogP contribution in [0.15, 0.2) is 36.4 Å². The van der Waals surface area contributed by atoms with E-state index in [1.165, 1.54) is 7.11 Å². The maximum absolute atomic E-state index is 13.8. The van der Waals surface area contributed by atoms with E-state index in [0.717, 1.165) is 6.42 Å². The number of nitrogens with one attached hydrogen (secondary N) is 1. The average Bonchev–Trinajstić information content (AvgIpc) is 3.31. The Morgan fingerprint density at radius 3 is 2.60 bits per heavy atom. The molecule has 30 heavy (non-hydrogen) atoms. The Morgan fingerprint density at radius 2 is 1.93 bits per heavy atom. The Bertz CT molecular complexity index is 1030. The fourth-order valence-electron chi connectivity index (χ4n) is 4.71. The molecule has 158 valence electrons. The molecule has 2 aromatic rings. The molecular weight excluding hydrogens is 425 g/mol. The third-order valence-corrected chi connectivity index (χ3v) is 6.55. The van der Waals surface area contributed by atoms with Crippen LogP contribution in [0.25, 0.3) is 0 Å². The van der Waals surface area contributed by atoms with Crippen molar-refractivity contribution in [2.45, 2.75) is 24.4 Å². The lowest BCUT2D eigenvalue weighted by molar-refractivity contribution is -0.138. The summed E-state index contributed by atoms with van der Waals surface area (Å²) in [6.45, 7) is 0.554. The largest absolute Gasteiger partial charge is 0.495 e. The van der Waals surface area contributed by atoms with Gasteiger partial charge in [-0.15, -0.1) is 0 Å². The molecular formula is C22H23Cl2N3O3. The predicted molar refractivity (Wildman–Crippen MR) is 117 cm³/mol. The minimum Gasteiger partial charge on any atom is -0.495 e. The van der Waals surface area contributed by atoms with E-state index in [0.29, 0.717) is 45.6 Å². The number of likely N-dealkylation sites (N-methyl/N-ethyl adjacent to an activating group) is 1. The summed E-state index contributed by atoms with van der Waals surface area (Å²) in [6, 6.07) is 10.2. The molecule has 1 N–H and O–H groups in total. The molecule has 0 aliphatic carbocycles. The van der Waals surface area contributed by atoms with Crippen LogP contribution in [0.3, 0.4) is 0 Å². The van der Waals surface area contributed by atoms with Crippen LogP contribution in [-0.4, -0.2) is 55.4 Å². The van der Waals surface area contributed by atoms with Crippen molar-refractivity contribution in [3.8, 4) is 5.75 Å². The third-order valence-electron chi connectivity index (χ3n) is 5.93. The minimum atomic E-state index is -1.34. The molecule has 4 rings (SSSR count). The summed E-state index contributed by atoms with van der Waals surface area (Å²) in [5.41, 5.74) is 0.455. The lowest BCUT2D eigenvalue weighted by Crippen LogP contribution is -2.57. The monoisotopic (exact) mass is 447 g/mol. The van der Waals surface area contributed by atoms with Crippen molar-refractivity contribution in [1.82, 2.24) is 9.80 Å². The van der Waals surface area contributed by atoms with E-state index < -0.39 is 11.6 Å². The van der Waals surface area contributed by atoms with Crippen molar-refractivity contribution in [1.29, 1.82) is 0 Å². The number of fused-ring (bicyclic) bond motifs is 1. The van der Waals surface area contributed by atoms with Crippen LogP contribution in [0.5, 0.6) is 5.75 Å².